The number of benzene rings is 1. The van der Waals surface area contributed by atoms with Gasteiger partial charge in [0.15, 0.2) is 17.8 Å². The summed E-state index contributed by atoms with van der Waals surface area (Å²) in [6, 6.07) is 4.03. The first-order valence-electron chi connectivity index (χ1n) is 5.85. The molecule has 0 aliphatic rings. The third-order valence-electron chi connectivity index (χ3n) is 2.80. The number of oxazole rings is 1. The van der Waals surface area contributed by atoms with Crippen LogP contribution in [0.5, 0.6) is 5.75 Å². The van der Waals surface area contributed by atoms with Gasteiger partial charge in [-0.1, -0.05) is 17.7 Å². The molecule has 19 heavy (non-hydrogen) atoms. The van der Waals surface area contributed by atoms with Crippen LogP contribution in [-0.2, 0) is 6.61 Å². The molecular weight excluding hydrogens is 246 g/mol. The Kier molecular flexibility index (Phi) is 3.55. The minimum atomic E-state index is -1.12. The fraction of sp³-hybridized carbons (Fsp3) is 0.286. The number of aromatic carboxylic acids is 1. The number of hydrogen-bond donors (Lipinski definition) is 1. The Hall–Kier alpha value is -2.30. The summed E-state index contributed by atoms with van der Waals surface area (Å²) in [7, 11) is 0. The van der Waals surface area contributed by atoms with E-state index in [1.165, 1.54) is 0 Å². The first kappa shape index (κ1) is 13.1. The fourth-order valence-electron chi connectivity index (χ4n) is 2.08. The topological polar surface area (TPSA) is 72.6 Å². The minimum Gasteiger partial charge on any atom is -0.485 e. The highest BCUT2D eigenvalue weighted by Gasteiger charge is 2.16. The average Bonchev–Trinajstić information content (AvgIpc) is 2.75. The van der Waals surface area contributed by atoms with Crippen LogP contribution in [0.1, 0.15) is 32.9 Å². The van der Waals surface area contributed by atoms with Gasteiger partial charge in [0.25, 0.3) is 0 Å². The molecule has 0 amide bonds. The Morgan fingerprint density at radius 2 is 1.95 bits per heavy atom. The molecule has 0 saturated heterocycles. The zero-order valence-electron chi connectivity index (χ0n) is 11.1. The van der Waals surface area contributed by atoms with Gasteiger partial charge in [-0.25, -0.2) is 9.78 Å². The zero-order valence-corrected chi connectivity index (χ0v) is 11.1. The number of aryl methyl sites for hydroxylation is 3. The smallest absolute Gasteiger partial charge is 0.358 e. The van der Waals surface area contributed by atoms with Crippen molar-refractivity contribution in [3.63, 3.8) is 0 Å². The van der Waals surface area contributed by atoms with Crippen molar-refractivity contribution in [3.05, 3.63) is 46.7 Å². The molecule has 1 aromatic carbocycles. The summed E-state index contributed by atoms with van der Waals surface area (Å²) >= 11 is 0. The lowest BCUT2D eigenvalue weighted by Crippen LogP contribution is -2.05. The van der Waals surface area contributed by atoms with Crippen molar-refractivity contribution in [3.8, 4) is 5.75 Å². The van der Waals surface area contributed by atoms with Crippen molar-refractivity contribution in [2.45, 2.75) is 27.4 Å². The summed E-state index contributed by atoms with van der Waals surface area (Å²) in [5.41, 5.74) is 3.07. The maximum absolute atomic E-state index is 10.9. The van der Waals surface area contributed by atoms with Gasteiger partial charge in [-0.15, -0.1) is 0 Å². The number of rotatable bonds is 4. The lowest BCUT2D eigenvalue weighted by Gasteiger charge is -2.12. The van der Waals surface area contributed by atoms with Crippen LogP contribution < -0.4 is 4.74 Å². The van der Waals surface area contributed by atoms with Gasteiger partial charge in [0.2, 0.25) is 0 Å². The number of nitrogens with zero attached hydrogens (tertiary/aromatic N) is 1. The Labute approximate surface area is 110 Å². The van der Waals surface area contributed by atoms with E-state index in [9.17, 15) is 4.79 Å². The van der Waals surface area contributed by atoms with Gasteiger partial charge in [-0.05, 0) is 31.9 Å². The molecule has 0 spiro atoms. The lowest BCUT2D eigenvalue weighted by atomic mass is 10.1. The minimum absolute atomic E-state index is 0.0480. The van der Waals surface area contributed by atoms with Crippen LogP contribution in [0.25, 0.3) is 0 Å². The van der Waals surface area contributed by atoms with Crippen molar-refractivity contribution in [1.29, 1.82) is 0 Å². The number of carbonyl (C=O) groups is 1. The molecule has 100 valence electrons. The maximum Gasteiger partial charge on any atom is 0.358 e. The second kappa shape index (κ2) is 5.14. The summed E-state index contributed by atoms with van der Waals surface area (Å²) in [5, 5.41) is 8.92. The molecule has 1 aromatic heterocycles. The van der Waals surface area contributed by atoms with Gasteiger partial charge in [-0.2, -0.15) is 0 Å². The highest BCUT2D eigenvalue weighted by Crippen LogP contribution is 2.25. The lowest BCUT2D eigenvalue weighted by molar-refractivity contribution is 0.0686. The Balaban J connectivity index is 2.19. The van der Waals surface area contributed by atoms with E-state index in [-0.39, 0.29) is 18.1 Å². The van der Waals surface area contributed by atoms with Gasteiger partial charge >= 0.3 is 5.97 Å². The summed E-state index contributed by atoms with van der Waals surface area (Å²) in [6.07, 6.45) is 1.11. The predicted molar refractivity (Wildman–Crippen MR) is 68.4 cm³/mol. The zero-order chi connectivity index (χ0) is 14.0. The van der Waals surface area contributed by atoms with Gasteiger partial charge < -0.3 is 14.3 Å². The van der Waals surface area contributed by atoms with E-state index in [0.717, 1.165) is 28.8 Å². The second-order valence-electron chi connectivity index (χ2n) is 4.45. The Morgan fingerprint density at radius 3 is 2.53 bits per heavy atom. The van der Waals surface area contributed by atoms with Crippen LogP contribution in [0.4, 0.5) is 0 Å². The van der Waals surface area contributed by atoms with Crippen molar-refractivity contribution in [2.75, 3.05) is 0 Å². The first-order chi connectivity index (χ1) is 8.99. The highest BCUT2D eigenvalue weighted by molar-refractivity contribution is 5.86. The van der Waals surface area contributed by atoms with Crippen molar-refractivity contribution in [1.82, 2.24) is 4.98 Å². The molecule has 0 radical (unpaired) electrons. The summed E-state index contributed by atoms with van der Waals surface area (Å²) in [6.45, 7) is 5.97. The first-order valence-corrected chi connectivity index (χ1v) is 5.85. The molecule has 0 atom stereocenters. The fourth-order valence-corrected chi connectivity index (χ4v) is 2.08. The molecule has 1 heterocycles. The molecular formula is C14H15NO4. The quantitative estimate of drug-likeness (QED) is 0.916. The standard InChI is InChI=1S/C14H15NO4/c1-8-4-9(2)13(10(3)5-8)18-6-11-12(14(16)17)15-7-19-11/h4-5,7H,6H2,1-3H3,(H,16,17). The average molecular weight is 261 g/mol. The van der Waals surface area contributed by atoms with E-state index < -0.39 is 5.97 Å². The van der Waals surface area contributed by atoms with Crippen LogP contribution in [0, 0.1) is 20.8 Å². The molecule has 2 aromatic rings. The van der Waals surface area contributed by atoms with Crippen LogP contribution in [0.2, 0.25) is 0 Å². The number of carboxylic acid groups (broad SMARTS) is 1. The predicted octanol–water partition coefficient (Wildman–Crippen LogP) is 2.88. The van der Waals surface area contributed by atoms with E-state index >= 15 is 0 Å². The van der Waals surface area contributed by atoms with Crippen LogP contribution in [-0.4, -0.2) is 16.1 Å². The molecule has 2 rings (SSSR count). The maximum atomic E-state index is 10.9. The van der Waals surface area contributed by atoms with Crippen molar-refractivity contribution >= 4 is 5.97 Å². The monoisotopic (exact) mass is 261 g/mol. The number of hydrogen-bond acceptors (Lipinski definition) is 4. The molecule has 0 unspecified atom stereocenters. The normalized spacial score (nSPS) is 10.5. The summed E-state index contributed by atoms with van der Waals surface area (Å²) < 4.78 is 10.7. The molecule has 5 heteroatoms. The molecule has 5 nitrogen and oxygen atoms in total. The van der Waals surface area contributed by atoms with Crippen LogP contribution in [0.15, 0.2) is 22.9 Å². The van der Waals surface area contributed by atoms with Gasteiger partial charge in [0.05, 0.1) is 0 Å². The van der Waals surface area contributed by atoms with E-state index in [1.54, 1.807) is 0 Å². The van der Waals surface area contributed by atoms with Crippen LogP contribution >= 0.6 is 0 Å². The Bertz CT molecular complexity index is 593. The number of aromatic nitrogens is 1. The molecule has 0 aliphatic carbocycles. The molecule has 0 saturated carbocycles. The Morgan fingerprint density at radius 1 is 1.32 bits per heavy atom. The van der Waals surface area contributed by atoms with Crippen LogP contribution in [0.3, 0.4) is 0 Å². The van der Waals surface area contributed by atoms with E-state index in [4.69, 9.17) is 14.3 Å². The highest BCUT2D eigenvalue weighted by atomic mass is 16.5. The van der Waals surface area contributed by atoms with Gasteiger partial charge in [0, 0.05) is 0 Å². The van der Waals surface area contributed by atoms with Crippen molar-refractivity contribution < 1.29 is 19.1 Å². The van der Waals surface area contributed by atoms with E-state index in [0.29, 0.717) is 0 Å². The van der Waals surface area contributed by atoms with Crippen molar-refractivity contribution in [2.24, 2.45) is 0 Å². The molecule has 0 aliphatic heterocycles. The SMILES string of the molecule is Cc1cc(C)c(OCc2ocnc2C(=O)O)c(C)c1. The number of carboxylic acids is 1. The largest absolute Gasteiger partial charge is 0.485 e. The molecule has 1 N–H and O–H groups in total. The second-order valence-corrected chi connectivity index (χ2v) is 4.45. The third kappa shape index (κ3) is 2.76. The molecule has 0 bridgehead atoms. The van der Waals surface area contributed by atoms with Gasteiger partial charge in [-0.3, -0.25) is 0 Å². The van der Waals surface area contributed by atoms with Gasteiger partial charge in [0.1, 0.15) is 12.4 Å². The third-order valence-corrected chi connectivity index (χ3v) is 2.80. The van der Waals surface area contributed by atoms with E-state index in [1.807, 2.05) is 32.9 Å². The number of ether oxygens (including phenoxy) is 1. The molecule has 0 fully saturated rings. The van der Waals surface area contributed by atoms with E-state index in [2.05, 4.69) is 4.98 Å². The summed E-state index contributed by atoms with van der Waals surface area (Å²) in [4.78, 5) is 14.5. The summed E-state index contributed by atoms with van der Waals surface area (Å²) in [5.74, 6) is -0.157.